The summed E-state index contributed by atoms with van der Waals surface area (Å²) in [6.07, 6.45) is 2.39. The van der Waals surface area contributed by atoms with Crippen molar-refractivity contribution < 1.29 is 19.4 Å². The summed E-state index contributed by atoms with van der Waals surface area (Å²) in [6, 6.07) is -0.496. The molecule has 2 N–H and O–H groups in total. The maximum Gasteiger partial charge on any atom is 0.410 e. The van der Waals surface area contributed by atoms with Crippen LogP contribution in [-0.2, 0) is 9.53 Å². The van der Waals surface area contributed by atoms with Gasteiger partial charge in [-0.1, -0.05) is 20.3 Å². The normalized spacial score (nSPS) is 13.0. The Morgan fingerprint density at radius 1 is 1.18 bits per heavy atom. The smallest absolute Gasteiger partial charge is 0.410 e. The van der Waals surface area contributed by atoms with Crippen molar-refractivity contribution in [3.63, 3.8) is 0 Å². The third kappa shape index (κ3) is 9.60. The van der Waals surface area contributed by atoms with Crippen LogP contribution >= 0.6 is 0 Å². The highest BCUT2D eigenvalue weighted by molar-refractivity contribution is 5.73. The molecular formula is C16H32N2O4. The number of nitrogens with one attached hydrogen (secondary N) is 1. The zero-order chi connectivity index (χ0) is 17.3. The van der Waals surface area contributed by atoms with E-state index in [0.717, 1.165) is 19.3 Å². The van der Waals surface area contributed by atoms with Crippen LogP contribution in [0.2, 0.25) is 0 Å². The first-order valence-corrected chi connectivity index (χ1v) is 7.95. The molecule has 0 unspecified atom stereocenters. The zero-order valence-electron chi connectivity index (χ0n) is 14.8. The van der Waals surface area contributed by atoms with E-state index in [1.807, 2.05) is 34.6 Å². The van der Waals surface area contributed by atoms with E-state index in [0.29, 0.717) is 13.1 Å². The summed E-state index contributed by atoms with van der Waals surface area (Å²) in [5.74, 6) is -0.740. The van der Waals surface area contributed by atoms with Crippen LogP contribution in [0.1, 0.15) is 53.9 Å². The molecule has 6 nitrogen and oxygen atoms in total. The highest BCUT2D eigenvalue weighted by Crippen LogP contribution is 2.09. The monoisotopic (exact) mass is 316 g/mol. The fourth-order valence-corrected chi connectivity index (χ4v) is 1.95. The summed E-state index contributed by atoms with van der Waals surface area (Å²) >= 11 is 0. The van der Waals surface area contributed by atoms with Gasteiger partial charge in [0.25, 0.3) is 0 Å². The molecule has 0 aliphatic heterocycles. The summed E-state index contributed by atoms with van der Waals surface area (Å²) in [5, 5.41) is 12.1. The third-order valence-corrected chi connectivity index (χ3v) is 3.17. The lowest BCUT2D eigenvalue weighted by atomic mass is 10.0. The van der Waals surface area contributed by atoms with Crippen molar-refractivity contribution in [3.8, 4) is 0 Å². The van der Waals surface area contributed by atoms with Gasteiger partial charge in [-0.3, -0.25) is 4.79 Å². The Kier molecular flexibility index (Phi) is 9.09. The molecule has 0 aromatic carbocycles. The van der Waals surface area contributed by atoms with Gasteiger partial charge in [-0.15, -0.1) is 0 Å². The number of hydrogen-bond acceptors (Lipinski definition) is 4. The first-order valence-electron chi connectivity index (χ1n) is 7.95. The van der Waals surface area contributed by atoms with Crippen molar-refractivity contribution in [1.29, 1.82) is 0 Å². The van der Waals surface area contributed by atoms with Gasteiger partial charge in [0.1, 0.15) is 11.6 Å². The van der Waals surface area contributed by atoms with Crippen molar-refractivity contribution in [2.75, 3.05) is 20.1 Å². The summed E-state index contributed by atoms with van der Waals surface area (Å²) in [5.41, 5.74) is -0.474. The minimum atomic E-state index is -0.806. The number of carbonyl (C=O) groups excluding carboxylic acids is 1. The van der Waals surface area contributed by atoms with Crippen LogP contribution < -0.4 is 5.32 Å². The summed E-state index contributed by atoms with van der Waals surface area (Å²) in [6.45, 7) is 10.6. The van der Waals surface area contributed by atoms with Crippen LogP contribution in [0.5, 0.6) is 0 Å². The summed E-state index contributed by atoms with van der Waals surface area (Å²) < 4.78 is 5.27. The molecule has 0 heterocycles. The lowest BCUT2D eigenvalue weighted by molar-refractivity contribution is -0.140. The maximum absolute atomic E-state index is 11.7. The number of ether oxygens (including phenoxy) is 1. The average Bonchev–Trinajstić information content (AvgIpc) is 2.34. The van der Waals surface area contributed by atoms with Gasteiger partial charge >= 0.3 is 12.1 Å². The van der Waals surface area contributed by atoms with E-state index in [1.54, 1.807) is 11.9 Å². The Balaban J connectivity index is 3.81. The van der Waals surface area contributed by atoms with Crippen LogP contribution in [0.4, 0.5) is 4.79 Å². The number of rotatable bonds is 9. The summed E-state index contributed by atoms with van der Waals surface area (Å²) in [4.78, 5) is 24.3. The number of aliphatic carboxylic acids is 1. The second-order valence-corrected chi connectivity index (χ2v) is 6.98. The molecule has 0 bridgehead atoms. The third-order valence-electron chi connectivity index (χ3n) is 3.17. The molecule has 0 rings (SSSR count). The summed E-state index contributed by atoms with van der Waals surface area (Å²) in [7, 11) is 1.73. The van der Waals surface area contributed by atoms with E-state index in [9.17, 15) is 9.59 Å². The number of hydrogen-bond donors (Lipinski definition) is 2. The Bertz CT molecular complexity index is 351. The number of unbranched alkanes of at least 4 members (excludes halogenated alkanes) is 2. The Morgan fingerprint density at radius 3 is 2.23 bits per heavy atom. The number of nitrogens with zero attached hydrogens (tertiary/aromatic N) is 1. The Hall–Kier alpha value is -1.30. The predicted molar refractivity (Wildman–Crippen MR) is 87.0 cm³/mol. The van der Waals surface area contributed by atoms with Gasteiger partial charge in [0.2, 0.25) is 0 Å². The topological polar surface area (TPSA) is 78.9 Å². The lowest BCUT2D eigenvalue weighted by Gasteiger charge is -2.24. The largest absolute Gasteiger partial charge is 0.480 e. The number of carboxylic acid groups (broad SMARTS) is 1. The van der Waals surface area contributed by atoms with E-state index in [2.05, 4.69) is 5.32 Å². The first-order chi connectivity index (χ1) is 10.0. The second-order valence-electron chi connectivity index (χ2n) is 6.98. The molecule has 22 heavy (non-hydrogen) atoms. The molecule has 0 aromatic rings. The van der Waals surface area contributed by atoms with E-state index >= 15 is 0 Å². The molecule has 0 saturated carbocycles. The van der Waals surface area contributed by atoms with Gasteiger partial charge in [0, 0.05) is 13.6 Å². The molecular weight excluding hydrogens is 284 g/mol. The van der Waals surface area contributed by atoms with E-state index in [-0.39, 0.29) is 12.0 Å². The molecule has 0 radical (unpaired) electrons. The highest BCUT2D eigenvalue weighted by atomic mass is 16.6. The van der Waals surface area contributed by atoms with E-state index in [4.69, 9.17) is 9.84 Å². The van der Waals surface area contributed by atoms with Crippen molar-refractivity contribution in [1.82, 2.24) is 10.2 Å². The van der Waals surface area contributed by atoms with Crippen LogP contribution in [0.15, 0.2) is 0 Å². The highest BCUT2D eigenvalue weighted by Gasteiger charge is 2.20. The number of carbonyl (C=O) groups is 2. The average molecular weight is 316 g/mol. The van der Waals surface area contributed by atoms with Gasteiger partial charge in [0.15, 0.2) is 0 Å². The lowest BCUT2D eigenvalue weighted by Crippen LogP contribution is -2.41. The van der Waals surface area contributed by atoms with Crippen LogP contribution in [0, 0.1) is 5.92 Å². The molecule has 6 heteroatoms. The van der Waals surface area contributed by atoms with Crippen LogP contribution in [-0.4, -0.2) is 53.8 Å². The van der Waals surface area contributed by atoms with Gasteiger partial charge in [-0.2, -0.15) is 0 Å². The standard InChI is InChI=1S/C16H32N2O4/c1-12(2)13(14(19)20)17-10-8-7-9-11-18(6)15(21)22-16(3,4)5/h12-13,17H,7-11H2,1-6H3,(H,19,20)/t13-/m0/s1. The predicted octanol–water partition coefficient (Wildman–Crippen LogP) is 2.72. The van der Waals surface area contributed by atoms with Gasteiger partial charge in [-0.05, 0) is 46.1 Å². The molecule has 0 aliphatic rings. The molecule has 0 aliphatic carbocycles. The SMILES string of the molecule is CC(C)[C@H](NCCCCCN(C)C(=O)OC(C)(C)C)C(=O)O. The van der Waals surface area contributed by atoms with Gasteiger partial charge in [0.05, 0.1) is 0 Å². The number of amides is 1. The second kappa shape index (κ2) is 9.66. The van der Waals surface area contributed by atoms with Crippen molar-refractivity contribution in [2.24, 2.45) is 5.92 Å². The quantitative estimate of drug-likeness (QED) is 0.639. The number of carboxylic acids is 1. The molecule has 0 fully saturated rings. The minimum absolute atomic E-state index is 0.0656. The van der Waals surface area contributed by atoms with E-state index < -0.39 is 17.6 Å². The molecule has 130 valence electrons. The van der Waals surface area contributed by atoms with Crippen LogP contribution in [0.25, 0.3) is 0 Å². The van der Waals surface area contributed by atoms with Gasteiger partial charge < -0.3 is 20.1 Å². The minimum Gasteiger partial charge on any atom is -0.480 e. The first kappa shape index (κ1) is 20.7. The molecule has 0 saturated heterocycles. The maximum atomic E-state index is 11.7. The Labute approximate surface area is 134 Å². The molecule has 1 atom stereocenters. The molecule has 1 amide bonds. The van der Waals surface area contributed by atoms with Crippen molar-refractivity contribution in [3.05, 3.63) is 0 Å². The molecule has 0 spiro atoms. The Morgan fingerprint density at radius 2 is 1.77 bits per heavy atom. The van der Waals surface area contributed by atoms with Crippen molar-refractivity contribution >= 4 is 12.1 Å². The zero-order valence-corrected chi connectivity index (χ0v) is 14.8. The van der Waals surface area contributed by atoms with Crippen molar-refractivity contribution in [2.45, 2.75) is 65.5 Å². The van der Waals surface area contributed by atoms with Gasteiger partial charge in [-0.25, -0.2) is 4.79 Å². The fourth-order valence-electron chi connectivity index (χ4n) is 1.95. The van der Waals surface area contributed by atoms with Crippen LogP contribution in [0.3, 0.4) is 0 Å². The molecule has 0 aromatic heterocycles. The van der Waals surface area contributed by atoms with E-state index in [1.165, 1.54) is 0 Å². The fraction of sp³-hybridized carbons (Fsp3) is 0.875.